The number of nitrogens with one attached hydrogen (secondary N) is 1. The molecule has 0 bridgehead atoms. The zero-order valence-corrected chi connectivity index (χ0v) is 20.2. The molecular formula is C25H29Cl2N3O3. The summed E-state index contributed by atoms with van der Waals surface area (Å²) in [5, 5.41) is 3.56. The molecule has 2 atom stereocenters. The maximum Gasteiger partial charge on any atom is 0.257 e. The van der Waals surface area contributed by atoms with E-state index in [1.807, 2.05) is 30.3 Å². The number of hydrogen-bond donors (Lipinski definition) is 1. The second-order valence-electron chi connectivity index (χ2n) is 8.63. The summed E-state index contributed by atoms with van der Waals surface area (Å²) in [6.07, 6.45) is 3.29. The van der Waals surface area contributed by atoms with Gasteiger partial charge in [-0.15, -0.1) is 0 Å². The number of halogens is 2. The monoisotopic (exact) mass is 489 g/mol. The zero-order chi connectivity index (χ0) is 23.4. The number of hydrogen-bond acceptors (Lipinski definition) is 4. The number of piperidine rings is 1. The maximum absolute atomic E-state index is 13.3. The maximum atomic E-state index is 13.3. The molecule has 8 heteroatoms. The highest BCUT2D eigenvalue weighted by Gasteiger charge is 2.31. The van der Waals surface area contributed by atoms with Gasteiger partial charge in [-0.1, -0.05) is 60.0 Å². The minimum atomic E-state index is -0.267. The molecule has 0 saturated carbocycles. The van der Waals surface area contributed by atoms with E-state index in [1.54, 1.807) is 4.90 Å². The predicted molar refractivity (Wildman–Crippen MR) is 130 cm³/mol. The number of amides is 2. The quantitative estimate of drug-likeness (QED) is 0.674. The lowest BCUT2D eigenvalue weighted by Crippen LogP contribution is -2.47. The van der Waals surface area contributed by atoms with E-state index in [9.17, 15) is 9.59 Å². The van der Waals surface area contributed by atoms with Gasteiger partial charge in [-0.25, -0.2) is 0 Å². The van der Waals surface area contributed by atoms with E-state index in [1.165, 1.54) is 12.1 Å². The van der Waals surface area contributed by atoms with Crippen molar-refractivity contribution in [1.82, 2.24) is 15.1 Å². The summed E-state index contributed by atoms with van der Waals surface area (Å²) in [4.78, 5) is 30.2. The van der Waals surface area contributed by atoms with Crippen LogP contribution in [0.15, 0.2) is 42.5 Å². The van der Waals surface area contributed by atoms with Crippen LogP contribution >= 0.6 is 23.2 Å². The summed E-state index contributed by atoms with van der Waals surface area (Å²) >= 11 is 12.9. The molecule has 0 aliphatic carbocycles. The van der Waals surface area contributed by atoms with Crippen molar-refractivity contribution in [3.8, 4) is 0 Å². The van der Waals surface area contributed by atoms with Gasteiger partial charge in [-0.2, -0.15) is 0 Å². The predicted octanol–water partition coefficient (Wildman–Crippen LogP) is 4.42. The topological polar surface area (TPSA) is 61.9 Å². The van der Waals surface area contributed by atoms with Gasteiger partial charge in [0.05, 0.1) is 34.9 Å². The summed E-state index contributed by atoms with van der Waals surface area (Å²) in [7, 11) is 2.10. The van der Waals surface area contributed by atoms with Crippen molar-refractivity contribution in [2.75, 3.05) is 39.9 Å². The third kappa shape index (κ3) is 5.52. The fourth-order valence-electron chi connectivity index (χ4n) is 4.64. The Hall–Kier alpha value is -2.12. The van der Waals surface area contributed by atoms with E-state index in [0.29, 0.717) is 31.9 Å². The van der Waals surface area contributed by atoms with Crippen molar-refractivity contribution < 1.29 is 14.3 Å². The Labute approximate surface area is 204 Å². The van der Waals surface area contributed by atoms with Gasteiger partial charge in [0, 0.05) is 24.7 Å². The SMILES string of the molecule is CN1CCCCC1C(NC(=O)c1cc(Cl)c(C(=O)N2CCOCC2)c(Cl)c1)c1ccccc1. The van der Waals surface area contributed by atoms with Crippen molar-refractivity contribution in [2.45, 2.75) is 31.3 Å². The van der Waals surface area contributed by atoms with Crippen LogP contribution in [0.1, 0.15) is 51.6 Å². The number of ether oxygens (including phenoxy) is 1. The first kappa shape index (κ1) is 24.0. The first-order valence-corrected chi connectivity index (χ1v) is 12.1. The van der Waals surface area contributed by atoms with Crippen LogP contribution in [0.4, 0.5) is 0 Å². The largest absolute Gasteiger partial charge is 0.378 e. The van der Waals surface area contributed by atoms with Crippen LogP contribution < -0.4 is 5.32 Å². The van der Waals surface area contributed by atoms with E-state index in [0.717, 1.165) is 31.4 Å². The van der Waals surface area contributed by atoms with E-state index in [4.69, 9.17) is 27.9 Å². The van der Waals surface area contributed by atoms with Gasteiger partial charge >= 0.3 is 0 Å². The molecule has 0 spiro atoms. The van der Waals surface area contributed by atoms with Crippen molar-refractivity contribution in [1.29, 1.82) is 0 Å². The van der Waals surface area contributed by atoms with E-state index < -0.39 is 0 Å². The average molecular weight is 490 g/mol. The first-order valence-electron chi connectivity index (χ1n) is 11.4. The molecular weight excluding hydrogens is 461 g/mol. The molecule has 2 aromatic rings. The van der Waals surface area contributed by atoms with Gasteiger partial charge in [-0.3, -0.25) is 9.59 Å². The van der Waals surface area contributed by atoms with E-state index in [-0.39, 0.29) is 39.5 Å². The third-order valence-electron chi connectivity index (χ3n) is 6.47. The minimum Gasteiger partial charge on any atom is -0.378 e. The second kappa shape index (κ2) is 10.9. The van der Waals surface area contributed by atoms with Crippen LogP contribution in [0, 0.1) is 0 Å². The first-order chi connectivity index (χ1) is 16.0. The molecule has 6 nitrogen and oxygen atoms in total. The number of rotatable bonds is 5. The highest BCUT2D eigenvalue weighted by atomic mass is 35.5. The smallest absolute Gasteiger partial charge is 0.257 e. The third-order valence-corrected chi connectivity index (χ3v) is 7.07. The Bertz CT molecular complexity index is 973. The Morgan fingerprint density at radius 1 is 1.03 bits per heavy atom. The Morgan fingerprint density at radius 3 is 2.33 bits per heavy atom. The average Bonchev–Trinajstić information content (AvgIpc) is 2.83. The molecule has 2 aliphatic rings. The molecule has 0 aromatic heterocycles. The standard InChI is InChI=1S/C25H29Cl2N3O3/c1-29-10-6-5-9-21(29)23(17-7-3-2-4-8-17)28-24(31)18-15-19(26)22(20(27)16-18)25(32)30-11-13-33-14-12-30/h2-4,7-8,15-16,21,23H,5-6,9-14H2,1H3,(H,28,31). The zero-order valence-electron chi connectivity index (χ0n) is 18.7. The van der Waals surface area contributed by atoms with Crippen LogP contribution in [0.25, 0.3) is 0 Å². The van der Waals surface area contributed by atoms with Gasteiger partial charge < -0.3 is 19.9 Å². The van der Waals surface area contributed by atoms with Crippen LogP contribution in [-0.2, 0) is 4.74 Å². The summed E-state index contributed by atoms with van der Waals surface area (Å²) in [5.74, 6) is -0.511. The van der Waals surface area contributed by atoms with E-state index in [2.05, 4.69) is 17.3 Å². The summed E-state index contributed by atoms with van der Waals surface area (Å²) in [6, 6.07) is 13.1. The number of nitrogens with zero attached hydrogens (tertiary/aromatic N) is 2. The van der Waals surface area contributed by atoms with Crippen molar-refractivity contribution in [3.63, 3.8) is 0 Å². The Morgan fingerprint density at radius 2 is 1.70 bits per heavy atom. The number of carbonyl (C=O) groups is 2. The fraction of sp³-hybridized carbons (Fsp3) is 0.440. The van der Waals surface area contributed by atoms with Crippen molar-refractivity contribution in [2.24, 2.45) is 0 Å². The lowest BCUT2D eigenvalue weighted by atomic mass is 9.91. The molecule has 2 amide bonds. The minimum absolute atomic E-state index is 0.170. The van der Waals surface area contributed by atoms with Gasteiger partial charge in [0.1, 0.15) is 0 Å². The van der Waals surface area contributed by atoms with Crippen molar-refractivity contribution in [3.05, 3.63) is 69.2 Å². The number of carbonyl (C=O) groups excluding carboxylic acids is 2. The highest BCUT2D eigenvalue weighted by molar-refractivity contribution is 6.40. The van der Waals surface area contributed by atoms with Gasteiger partial charge in [-0.05, 0) is 44.1 Å². The van der Waals surface area contributed by atoms with Gasteiger partial charge in [0.25, 0.3) is 11.8 Å². The number of likely N-dealkylation sites (tertiary alicyclic amines) is 1. The van der Waals surface area contributed by atoms with Crippen LogP contribution in [0.3, 0.4) is 0 Å². The van der Waals surface area contributed by atoms with Gasteiger partial charge in [0.2, 0.25) is 0 Å². The van der Waals surface area contributed by atoms with Crippen LogP contribution in [-0.4, -0.2) is 67.6 Å². The summed E-state index contributed by atoms with van der Waals surface area (Å²) in [6.45, 7) is 2.94. The molecule has 2 aliphatic heterocycles. The Kier molecular flexibility index (Phi) is 7.91. The van der Waals surface area contributed by atoms with Crippen LogP contribution in [0.2, 0.25) is 10.0 Å². The lowest BCUT2D eigenvalue weighted by molar-refractivity contribution is 0.0303. The second-order valence-corrected chi connectivity index (χ2v) is 9.44. The molecule has 2 heterocycles. The number of likely N-dealkylation sites (N-methyl/N-ethyl adjacent to an activating group) is 1. The number of benzene rings is 2. The molecule has 33 heavy (non-hydrogen) atoms. The van der Waals surface area contributed by atoms with Crippen molar-refractivity contribution >= 4 is 35.0 Å². The molecule has 2 aromatic carbocycles. The molecule has 0 radical (unpaired) electrons. The number of morpholine rings is 1. The molecule has 2 unspecified atom stereocenters. The molecule has 2 fully saturated rings. The fourth-order valence-corrected chi connectivity index (χ4v) is 5.29. The molecule has 2 saturated heterocycles. The molecule has 4 rings (SSSR count). The van der Waals surface area contributed by atoms with E-state index >= 15 is 0 Å². The highest BCUT2D eigenvalue weighted by Crippen LogP contribution is 2.31. The summed E-state index contributed by atoms with van der Waals surface area (Å²) in [5.41, 5.74) is 1.62. The molecule has 176 valence electrons. The normalized spacial score (nSPS) is 20.3. The lowest BCUT2D eigenvalue weighted by Gasteiger charge is -2.38. The molecule has 1 N–H and O–H groups in total. The Balaban J connectivity index is 1.57. The van der Waals surface area contributed by atoms with Gasteiger partial charge in [0.15, 0.2) is 0 Å². The summed E-state index contributed by atoms with van der Waals surface area (Å²) < 4.78 is 5.31. The van der Waals surface area contributed by atoms with Crippen LogP contribution in [0.5, 0.6) is 0 Å².